The van der Waals surface area contributed by atoms with Crippen LogP contribution in [0.1, 0.15) is 11.6 Å². The lowest BCUT2D eigenvalue weighted by molar-refractivity contribution is -0.150. The zero-order valence-electron chi connectivity index (χ0n) is 9.20. The molecule has 0 bridgehead atoms. The Morgan fingerprint density at radius 3 is 2.71 bits per heavy atom. The van der Waals surface area contributed by atoms with E-state index >= 15 is 0 Å². The van der Waals surface area contributed by atoms with E-state index < -0.39 is 23.7 Å². The standard InChI is InChI=1S/C11H12N2O4/c1-17-11(16)8(6-14)10(15)9(12)7-3-2-4-13-5-7/h2-6,8-9H,12H2,1H3. The highest BCUT2D eigenvalue weighted by Crippen LogP contribution is 2.14. The molecule has 0 saturated carbocycles. The van der Waals surface area contributed by atoms with Gasteiger partial charge in [0.15, 0.2) is 11.7 Å². The summed E-state index contributed by atoms with van der Waals surface area (Å²) < 4.78 is 4.35. The van der Waals surface area contributed by atoms with E-state index in [4.69, 9.17) is 5.73 Å². The van der Waals surface area contributed by atoms with E-state index in [0.29, 0.717) is 5.56 Å². The van der Waals surface area contributed by atoms with E-state index in [0.717, 1.165) is 7.11 Å². The van der Waals surface area contributed by atoms with Gasteiger partial charge in [-0.1, -0.05) is 6.07 Å². The molecular formula is C11H12N2O4. The van der Waals surface area contributed by atoms with Crippen LogP contribution in [-0.2, 0) is 19.1 Å². The molecule has 0 radical (unpaired) electrons. The van der Waals surface area contributed by atoms with Crippen LogP contribution in [0.25, 0.3) is 0 Å². The van der Waals surface area contributed by atoms with Gasteiger partial charge in [0.2, 0.25) is 0 Å². The second kappa shape index (κ2) is 5.86. The minimum absolute atomic E-state index is 0.227. The minimum atomic E-state index is -1.49. The van der Waals surface area contributed by atoms with Crippen molar-refractivity contribution in [2.75, 3.05) is 7.11 Å². The van der Waals surface area contributed by atoms with Crippen molar-refractivity contribution in [3.8, 4) is 0 Å². The first-order valence-electron chi connectivity index (χ1n) is 4.84. The third kappa shape index (κ3) is 2.94. The van der Waals surface area contributed by atoms with Crippen LogP contribution in [0.5, 0.6) is 0 Å². The lowest BCUT2D eigenvalue weighted by atomic mass is 9.96. The summed E-state index contributed by atoms with van der Waals surface area (Å²) in [5.74, 6) is -3.11. The number of aromatic nitrogens is 1. The molecule has 1 aromatic heterocycles. The Balaban J connectivity index is 2.89. The lowest BCUT2D eigenvalue weighted by Gasteiger charge is -2.13. The van der Waals surface area contributed by atoms with Gasteiger partial charge in [-0.05, 0) is 11.6 Å². The molecule has 0 aliphatic rings. The second-order valence-electron chi connectivity index (χ2n) is 3.30. The highest BCUT2D eigenvalue weighted by Gasteiger charge is 2.31. The first-order valence-corrected chi connectivity index (χ1v) is 4.84. The summed E-state index contributed by atoms with van der Waals surface area (Å²) in [7, 11) is 1.10. The van der Waals surface area contributed by atoms with Crippen molar-refractivity contribution >= 4 is 18.0 Å². The first kappa shape index (κ1) is 13.0. The van der Waals surface area contributed by atoms with Crippen molar-refractivity contribution in [1.29, 1.82) is 0 Å². The van der Waals surface area contributed by atoms with E-state index in [2.05, 4.69) is 9.72 Å². The zero-order chi connectivity index (χ0) is 12.8. The number of methoxy groups -OCH3 is 1. The normalized spacial score (nSPS) is 13.5. The van der Waals surface area contributed by atoms with Gasteiger partial charge in [0.05, 0.1) is 13.2 Å². The van der Waals surface area contributed by atoms with Gasteiger partial charge in [-0.25, -0.2) is 0 Å². The molecule has 1 rings (SSSR count). The summed E-state index contributed by atoms with van der Waals surface area (Å²) >= 11 is 0. The maximum atomic E-state index is 11.8. The number of esters is 1. The van der Waals surface area contributed by atoms with Crippen LogP contribution in [-0.4, -0.2) is 30.1 Å². The van der Waals surface area contributed by atoms with Crippen LogP contribution in [0.4, 0.5) is 0 Å². The van der Waals surface area contributed by atoms with Crippen molar-refractivity contribution < 1.29 is 19.1 Å². The summed E-state index contributed by atoms with van der Waals surface area (Å²) in [6.45, 7) is 0. The second-order valence-corrected chi connectivity index (χ2v) is 3.30. The van der Waals surface area contributed by atoms with Crippen molar-refractivity contribution in [2.45, 2.75) is 6.04 Å². The van der Waals surface area contributed by atoms with Crippen molar-refractivity contribution in [3.05, 3.63) is 30.1 Å². The van der Waals surface area contributed by atoms with Crippen molar-refractivity contribution in [3.63, 3.8) is 0 Å². The summed E-state index contributed by atoms with van der Waals surface area (Å²) in [5, 5.41) is 0. The number of ether oxygens (including phenoxy) is 1. The lowest BCUT2D eigenvalue weighted by Crippen LogP contribution is -2.34. The van der Waals surface area contributed by atoms with Crippen LogP contribution in [0.2, 0.25) is 0 Å². The minimum Gasteiger partial charge on any atom is -0.468 e. The molecule has 0 aromatic carbocycles. The molecule has 0 spiro atoms. The van der Waals surface area contributed by atoms with Gasteiger partial charge in [-0.2, -0.15) is 0 Å². The maximum absolute atomic E-state index is 11.8. The Morgan fingerprint density at radius 1 is 1.53 bits per heavy atom. The van der Waals surface area contributed by atoms with Gasteiger partial charge in [0, 0.05) is 12.4 Å². The maximum Gasteiger partial charge on any atom is 0.323 e. The van der Waals surface area contributed by atoms with Crippen LogP contribution >= 0.6 is 0 Å². The molecule has 2 atom stereocenters. The molecule has 0 aliphatic carbocycles. The van der Waals surface area contributed by atoms with Crippen molar-refractivity contribution in [2.24, 2.45) is 11.7 Å². The van der Waals surface area contributed by atoms with Crippen LogP contribution in [0, 0.1) is 5.92 Å². The van der Waals surface area contributed by atoms with Gasteiger partial charge in [-0.15, -0.1) is 0 Å². The van der Waals surface area contributed by atoms with Gasteiger partial charge in [-0.3, -0.25) is 14.6 Å². The number of hydrogen-bond acceptors (Lipinski definition) is 6. The van der Waals surface area contributed by atoms with Gasteiger partial charge in [0.1, 0.15) is 6.29 Å². The van der Waals surface area contributed by atoms with Crippen molar-refractivity contribution in [1.82, 2.24) is 4.98 Å². The van der Waals surface area contributed by atoms with Gasteiger partial charge >= 0.3 is 5.97 Å². The first-order chi connectivity index (χ1) is 8.11. The summed E-state index contributed by atoms with van der Waals surface area (Å²) in [4.78, 5) is 37.5. The fourth-order valence-corrected chi connectivity index (χ4v) is 1.28. The molecular weight excluding hydrogens is 224 g/mol. The van der Waals surface area contributed by atoms with E-state index in [1.165, 1.54) is 12.4 Å². The van der Waals surface area contributed by atoms with E-state index in [1.54, 1.807) is 12.1 Å². The van der Waals surface area contributed by atoms with E-state index in [1.807, 2.05) is 0 Å². The molecule has 1 aromatic rings. The van der Waals surface area contributed by atoms with E-state index in [-0.39, 0.29) is 6.29 Å². The Bertz CT molecular complexity index is 419. The largest absolute Gasteiger partial charge is 0.468 e. The highest BCUT2D eigenvalue weighted by molar-refractivity contribution is 6.12. The highest BCUT2D eigenvalue weighted by atomic mass is 16.5. The molecule has 0 saturated heterocycles. The smallest absolute Gasteiger partial charge is 0.323 e. The Morgan fingerprint density at radius 2 is 2.24 bits per heavy atom. The fourth-order valence-electron chi connectivity index (χ4n) is 1.28. The quantitative estimate of drug-likeness (QED) is 0.425. The molecule has 2 N–H and O–H groups in total. The number of ketones is 1. The molecule has 6 nitrogen and oxygen atoms in total. The Kier molecular flexibility index (Phi) is 4.47. The average Bonchev–Trinajstić information content (AvgIpc) is 2.39. The Labute approximate surface area is 97.8 Å². The number of nitrogens with two attached hydrogens (primary N) is 1. The average molecular weight is 236 g/mol. The number of pyridine rings is 1. The number of carbonyl (C=O) groups excluding carboxylic acids is 3. The summed E-state index contributed by atoms with van der Waals surface area (Å²) in [6, 6.07) is 2.13. The molecule has 90 valence electrons. The molecule has 2 unspecified atom stereocenters. The van der Waals surface area contributed by atoms with Gasteiger partial charge in [0.25, 0.3) is 0 Å². The SMILES string of the molecule is COC(=O)C(C=O)C(=O)C(N)c1cccnc1. The molecule has 1 heterocycles. The van der Waals surface area contributed by atoms with Crippen LogP contribution in [0.15, 0.2) is 24.5 Å². The number of rotatable bonds is 5. The third-order valence-corrected chi connectivity index (χ3v) is 2.25. The summed E-state index contributed by atoms with van der Waals surface area (Å²) in [6.07, 6.45) is 3.16. The topological polar surface area (TPSA) is 99.4 Å². The molecule has 0 aliphatic heterocycles. The van der Waals surface area contributed by atoms with E-state index in [9.17, 15) is 14.4 Å². The molecule has 0 fully saturated rings. The number of aldehydes is 1. The molecule has 17 heavy (non-hydrogen) atoms. The summed E-state index contributed by atoms with van der Waals surface area (Å²) in [5.41, 5.74) is 6.09. The number of Topliss-reactive ketones (excluding diaryl/α,β-unsaturated/α-hetero) is 1. The Hall–Kier alpha value is -2.08. The number of hydrogen-bond donors (Lipinski definition) is 1. The predicted molar refractivity (Wildman–Crippen MR) is 57.7 cm³/mol. The monoisotopic (exact) mass is 236 g/mol. The zero-order valence-corrected chi connectivity index (χ0v) is 9.20. The molecule has 0 amide bonds. The third-order valence-electron chi connectivity index (χ3n) is 2.25. The molecule has 6 heteroatoms. The number of nitrogens with zero attached hydrogens (tertiary/aromatic N) is 1. The predicted octanol–water partition coefficient (Wildman–Crippen LogP) is -0.361. The fraction of sp³-hybridized carbons (Fsp3) is 0.273. The van der Waals surface area contributed by atoms with Crippen LogP contribution in [0.3, 0.4) is 0 Å². The van der Waals surface area contributed by atoms with Gasteiger partial charge < -0.3 is 15.3 Å². The van der Waals surface area contributed by atoms with Crippen LogP contribution < -0.4 is 5.73 Å². The number of carbonyl (C=O) groups is 3.